The molecule has 0 saturated carbocycles. The van der Waals surface area contributed by atoms with Gasteiger partial charge in [-0.1, -0.05) is 54.6 Å². The molecule has 1 heterocycles. The Morgan fingerprint density at radius 1 is 0.933 bits per heavy atom. The van der Waals surface area contributed by atoms with E-state index in [0.717, 1.165) is 46.2 Å². The zero-order chi connectivity index (χ0) is 20.9. The first-order valence-electron chi connectivity index (χ1n) is 10.1. The Kier molecular flexibility index (Phi) is 5.96. The maximum atomic E-state index is 12.9. The normalized spacial score (nSPS) is 11.0. The second-order valence-corrected chi connectivity index (χ2v) is 7.34. The van der Waals surface area contributed by atoms with Crippen molar-refractivity contribution in [2.75, 3.05) is 19.0 Å². The Balaban J connectivity index is 1.55. The number of benzene rings is 3. The van der Waals surface area contributed by atoms with Gasteiger partial charge in [0.2, 0.25) is 0 Å². The number of carbonyl (C=O) groups excluding carboxylic acids is 1. The molecule has 4 rings (SSSR count). The average molecular weight is 399 g/mol. The summed E-state index contributed by atoms with van der Waals surface area (Å²) in [6.45, 7) is 2.65. The van der Waals surface area contributed by atoms with Crippen LogP contribution in [0.15, 0.2) is 77.2 Å². The van der Waals surface area contributed by atoms with Crippen molar-refractivity contribution in [3.8, 4) is 11.1 Å². The van der Waals surface area contributed by atoms with Gasteiger partial charge in [0.1, 0.15) is 5.58 Å². The lowest BCUT2D eigenvalue weighted by molar-refractivity contribution is 0.0998. The SMILES string of the molecule is COCCCc1cccc2oc(C(=O)Nc3ccc(-c4ccccc4)cc3)c(C)c12. The predicted molar refractivity (Wildman–Crippen MR) is 121 cm³/mol. The number of carbonyl (C=O) groups is 1. The van der Waals surface area contributed by atoms with Crippen LogP contribution in [-0.4, -0.2) is 19.6 Å². The Morgan fingerprint density at radius 3 is 2.40 bits per heavy atom. The van der Waals surface area contributed by atoms with Crippen LogP contribution in [0.1, 0.15) is 28.1 Å². The lowest BCUT2D eigenvalue weighted by Crippen LogP contribution is -2.12. The standard InChI is InChI=1S/C26H25NO3/c1-18-24-21(11-7-17-29-2)10-6-12-23(24)30-25(18)26(28)27-22-15-13-20(14-16-22)19-8-4-3-5-9-19/h3-6,8-10,12-16H,7,11,17H2,1-2H3,(H,27,28). The van der Waals surface area contributed by atoms with Crippen LogP contribution >= 0.6 is 0 Å². The van der Waals surface area contributed by atoms with E-state index in [9.17, 15) is 4.79 Å². The Hall–Kier alpha value is -3.37. The van der Waals surface area contributed by atoms with Gasteiger partial charge in [-0.05, 0) is 54.7 Å². The number of amides is 1. The van der Waals surface area contributed by atoms with Crippen LogP contribution in [0.4, 0.5) is 5.69 Å². The average Bonchev–Trinajstić information content (AvgIpc) is 3.12. The minimum absolute atomic E-state index is 0.237. The molecule has 0 atom stereocenters. The fourth-order valence-electron chi connectivity index (χ4n) is 3.78. The predicted octanol–water partition coefficient (Wildman–Crippen LogP) is 6.24. The Morgan fingerprint density at radius 2 is 1.67 bits per heavy atom. The second kappa shape index (κ2) is 8.97. The van der Waals surface area contributed by atoms with E-state index in [1.807, 2.05) is 61.5 Å². The van der Waals surface area contributed by atoms with Crippen molar-refractivity contribution in [2.24, 2.45) is 0 Å². The van der Waals surface area contributed by atoms with Gasteiger partial charge in [0.15, 0.2) is 5.76 Å². The van der Waals surface area contributed by atoms with Gasteiger partial charge in [0.05, 0.1) is 0 Å². The van der Waals surface area contributed by atoms with Gasteiger partial charge in [0.25, 0.3) is 5.91 Å². The molecule has 4 nitrogen and oxygen atoms in total. The number of methoxy groups -OCH3 is 1. The number of hydrogen-bond donors (Lipinski definition) is 1. The van der Waals surface area contributed by atoms with Crippen LogP contribution in [-0.2, 0) is 11.2 Å². The molecule has 0 aliphatic carbocycles. The molecule has 0 spiro atoms. The smallest absolute Gasteiger partial charge is 0.291 e. The monoisotopic (exact) mass is 399 g/mol. The third-order valence-corrected chi connectivity index (χ3v) is 5.29. The quantitative estimate of drug-likeness (QED) is 0.374. The molecule has 0 radical (unpaired) electrons. The van der Waals surface area contributed by atoms with Crippen molar-refractivity contribution in [3.05, 3.63) is 89.7 Å². The maximum absolute atomic E-state index is 12.9. The maximum Gasteiger partial charge on any atom is 0.291 e. The highest BCUT2D eigenvalue weighted by Crippen LogP contribution is 2.30. The summed E-state index contributed by atoms with van der Waals surface area (Å²) in [5, 5.41) is 3.98. The number of nitrogens with one attached hydrogen (secondary N) is 1. The summed E-state index contributed by atoms with van der Waals surface area (Å²) in [6.07, 6.45) is 1.81. The van der Waals surface area contributed by atoms with E-state index >= 15 is 0 Å². The van der Waals surface area contributed by atoms with Gasteiger partial charge >= 0.3 is 0 Å². The molecule has 4 heteroatoms. The summed E-state index contributed by atoms with van der Waals surface area (Å²) in [6, 6.07) is 24.0. The summed E-state index contributed by atoms with van der Waals surface area (Å²) >= 11 is 0. The van der Waals surface area contributed by atoms with E-state index in [-0.39, 0.29) is 5.91 Å². The molecule has 1 amide bonds. The molecule has 0 aliphatic heterocycles. The fraction of sp³-hybridized carbons (Fsp3) is 0.192. The molecule has 0 bridgehead atoms. The number of ether oxygens (including phenoxy) is 1. The van der Waals surface area contributed by atoms with Crippen molar-refractivity contribution in [1.82, 2.24) is 0 Å². The summed E-state index contributed by atoms with van der Waals surface area (Å²) in [7, 11) is 1.71. The fourth-order valence-corrected chi connectivity index (χ4v) is 3.78. The number of anilines is 1. The number of furan rings is 1. The molecule has 1 aromatic heterocycles. The molecule has 0 fully saturated rings. The van der Waals surface area contributed by atoms with Crippen molar-refractivity contribution < 1.29 is 13.9 Å². The molecular weight excluding hydrogens is 374 g/mol. The van der Waals surface area contributed by atoms with E-state index in [4.69, 9.17) is 9.15 Å². The molecule has 1 N–H and O–H groups in total. The lowest BCUT2D eigenvalue weighted by atomic mass is 10.0. The van der Waals surface area contributed by atoms with Crippen LogP contribution in [0, 0.1) is 6.92 Å². The first-order valence-corrected chi connectivity index (χ1v) is 10.1. The van der Waals surface area contributed by atoms with Gasteiger partial charge in [-0.2, -0.15) is 0 Å². The number of fused-ring (bicyclic) bond motifs is 1. The largest absolute Gasteiger partial charge is 0.451 e. The zero-order valence-corrected chi connectivity index (χ0v) is 17.3. The number of hydrogen-bond acceptors (Lipinski definition) is 3. The van der Waals surface area contributed by atoms with Crippen molar-refractivity contribution >= 4 is 22.6 Å². The van der Waals surface area contributed by atoms with E-state index < -0.39 is 0 Å². The third kappa shape index (κ3) is 4.14. The topological polar surface area (TPSA) is 51.5 Å². The van der Waals surface area contributed by atoms with Crippen LogP contribution < -0.4 is 5.32 Å². The molecule has 152 valence electrons. The van der Waals surface area contributed by atoms with Crippen LogP contribution in [0.25, 0.3) is 22.1 Å². The van der Waals surface area contributed by atoms with E-state index in [0.29, 0.717) is 12.4 Å². The Bertz CT molecular complexity index is 1140. The van der Waals surface area contributed by atoms with Crippen molar-refractivity contribution in [2.45, 2.75) is 19.8 Å². The van der Waals surface area contributed by atoms with Gasteiger partial charge in [0, 0.05) is 30.4 Å². The second-order valence-electron chi connectivity index (χ2n) is 7.34. The molecule has 4 aromatic rings. The highest BCUT2D eigenvalue weighted by molar-refractivity contribution is 6.07. The lowest BCUT2D eigenvalue weighted by Gasteiger charge is -2.06. The van der Waals surface area contributed by atoms with E-state index in [1.54, 1.807) is 7.11 Å². The van der Waals surface area contributed by atoms with Crippen molar-refractivity contribution in [3.63, 3.8) is 0 Å². The summed E-state index contributed by atoms with van der Waals surface area (Å²) in [5.74, 6) is 0.121. The minimum atomic E-state index is -0.237. The van der Waals surface area contributed by atoms with Gasteiger partial charge in [-0.25, -0.2) is 0 Å². The molecule has 0 aliphatic rings. The number of aryl methyl sites for hydroxylation is 2. The Labute approximate surface area is 176 Å². The third-order valence-electron chi connectivity index (χ3n) is 5.29. The number of rotatable bonds is 7. The summed E-state index contributed by atoms with van der Waals surface area (Å²) in [4.78, 5) is 12.9. The molecule has 0 saturated heterocycles. The van der Waals surface area contributed by atoms with Crippen LogP contribution in [0.5, 0.6) is 0 Å². The molecule has 0 unspecified atom stereocenters. The molecule has 3 aromatic carbocycles. The minimum Gasteiger partial charge on any atom is -0.451 e. The highest BCUT2D eigenvalue weighted by Gasteiger charge is 2.19. The summed E-state index contributed by atoms with van der Waals surface area (Å²) < 4.78 is 11.1. The summed E-state index contributed by atoms with van der Waals surface area (Å²) in [5.41, 5.74) is 5.78. The van der Waals surface area contributed by atoms with Gasteiger partial charge < -0.3 is 14.5 Å². The zero-order valence-electron chi connectivity index (χ0n) is 17.3. The van der Waals surface area contributed by atoms with Crippen molar-refractivity contribution in [1.29, 1.82) is 0 Å². The van der Waals surface area contributed by atoms with Crippen LogP contribution in [0.2, 0.25) is 0 Å². The van der Waals surface area contributed by atoms with E-state index in [1.165, 1.54) is 5.56 Å². The molecule has 30 heavy (non-hydrogen) atoms. The van der Waals surface area contributed by atoms with E-state index in [2.05, 4.69) is 23.5 Å². The van der Waals surface area contributed by atoms with Gasteiger partial charge in [-0.15, -0.1) is 0 Å². The van der Waals surface area contributed by atoms with Crippen LogP contribution in [0.3, 0.4) is 0 Å². The first kappa shape index (κ1) is 19.9. The van der Waals surface area contributed by atoms with Gasteiger partial charge in [-0.3, -0.25) is 4.79 Å². The first-order chi connectivity index (χ1) is 14.7. The molecular formula is C26H25NO3. The highest BCUT2D eigenvalue weighted by atomic mass is 16.5.